The molecular formula is C11H16N2S. The third-order valence-electron chi connectivity index (χ3n) is 2.11. The van der Waals surface area contributed by atoms with Gasteiger partial charge in [-0.3, -0.25) is 0 Å². The lowest BCUT2D eigenvalue weighted by atomic mass is 10.0. The van der Waals surface area contributed by atoms with Crippen molar-refractivity contribution in [1.29, 1.82) is 0 Å². The van der Waals surface area contributed by atoms with E-state index in [2.05, 4.69) is 24.5 Å². The van der Waals surface area contributed by atoms with Gasteiger partial charge in [-0.15, -0.1) is 0 Å². The van der Waals surface area contributed by atoms with Crippen molar-refractivity contribution in [2.75, 3.05) is 12.8 Å². The molecule has 0 aliphatic heterocycles. The van der Waals surface area contributed by atoms with Gasteiger partial charge in [0.25, 0.3) is 0 Å². The summed E-state index contributed by atoms with van der Waals surface area (Å²) in [4.78, 5) is 0. The van der Waals surface area contributed by atoms with Gasteiger partial charge in [0.05, 0.1) is 5.37 Å². The molecule has 14 heavy (non-hydrogen) atoms. The quantitative estimate of drug-likeness (QED) is 0.403. The lowest BCUT2D eigenvalue weighted by molar-refractivity contribution is 0.765. The average Bonchev–Trinajstić information content (AvgIpc) is 2.18. The van der Waals surface area contributed by atoms with E-state index in [0.29, 0.717) is 0 Å². The topological polar surface area (TPSA) is 38.0 Å². The highest BCUT2D eigenvalue weighted by molar-refractivity contribution is 7.80. The summed E-state index contributed by atoms with van der Waals surface area (Å²) in [5, 5.41) is 3.17. The zero-order chi connectivity index (χ0) is 10.6. The van der Waals surface area contributed by atoms with E-state index in [1.54, 1.807) is 0 Å². The molecule has 0 spiro atoms. The maximum Gasteiger partial charge on any atom is 0.0540 e. The Labute approximate surface area is 90.6 Å². The van der Waals surface area contributed by atoms with Gasteiger partial charge in [0, 0.05) is 11.3 Å². The third kappa shape index (κ3) is 2.79. The van der Waals surface area contributed by atoms with Crippen LogP contribution in [-0.4, -0.2) is 12.4 Å². The van der Waals surface area contributed by atoms with Gasteiger partial charge in [-0.1, -0.05) is 24.8 Å². The van der Waals surface area contributed by atoms with Crippen LogP contribution < -0.4 is 11.1 Å². The molecule has 3 N–H and O–H groups in total. The van der Waals surface area contributed by atoms with Gasteiger partial charge in [0.15, 0.2) is 0 Å². The highest BCUT2D eigenvalue weighted by atomic mass is 32.1. The molecule has 1 rings (SSSR count). The van der Waals surface area contributed by atoms with Gasteiger partial charge in [0.2, 0.25) is 0 Å². The minimum absolute atomic E-state index is 0.127. The van der Waals surface area contributed by atoms with Crippen LogP contribution in [0.4, 0.5) is 5.69 Å². The zero-order valence-corrected chi connectivity index (χ0v) is 9.22. The minimum Gasteiger partial charge on any atom is -0.398 e. The lowest BCUT2D eigenvalue weighted by Crippen LogP contribution is -2.18. The first-order valence-electron chi connectivity index (χ1n) is 4.53. The van der Waals surface area contributed by atoms with E-state index in [1.807, 2.05) is 31.3 Å². The smallest absolute Gasteiger partial charge is 0.0540 e. The molecule has 0 aromatic heterocycles. The number of nitrogen functional groups attached to an aromatic ring is 1. The van der Waals surface area contributed by atoms with Crippen LogP contribution in [0.15, 0.2) is 30.8 Å². The second-order valence-electron chi connectivity index (χ2n) is 3.20. The van der Waals surface area contributed by atoms with Crippen molar-refractivity contribution in [1.82, 2.24) is 5.32 Å². The number of nitrogens with two attached hydrogens (primary N) is 1. The highest BCUT2D eigenvalue weighted by Crippen LogP contribution is 2.23. The molecule has 1 unspecified atom stereocenters. The predicted molar refractivity (Wildman–Crippen MR) is 66.3 cm³/mol. The van der Waals surface area contributed by atoms with Crippen molar-refractivity contribution in [2.24, 2.45) is 0 Å². The Kier molecular flexibility index (Phi) is 4.04. The lowest BCUT2D eigenvalue weighted by Gasteiger charge is -2.13. The summed E-state index contributed by atoms with van der Waals surface area (Å²) in [6.45, 7) is 4.00. The molecule has 3 heteroatoms. The van der Waals surface area contributed by atoms with Crippen LogP contribution in [-0.2, 0) is 0 Å². The van der Waals surface area contributed by atoms with Crippen LogP contribution in [0.2, 0.25) is 0 Å². The Morgan fingerprint density at radius 2 is 2.21 bits per heavy atom. The number of thiol groups is 1. The summed E-state index contributed by atoms with van der Waals surface area (Å²) in [7, 11) is 1.87. The number of hydrogen-bond acceptors (Lipinski definition) is 3. The number of hydrogen-bond donors (Lipinski definition) is 3. The van der Waals surface area contributed by atoms with Crippen LogP contribution in [0.1, 0.15) is 12.0 Å². The van der Waals surface area contributed by atoms with Crippen LogP contribution in [0.25, 0.3) is 5.57 Å². The van der Waals surface area contributed by atoms with E-state index in [1.165, 1.54) is 0 Å². The van der Waals surface area contributed by atoms with Crippen molar-refractivity contribution in [3.63, 3.8) is 0 Å². The standard InChI is InChI=1S/C11H16N2S/c1-8(7-11(14)13-2)9-5-3-4-6-10(9)12/h3-6,11,13-14H,1,7,12H2,2H3. The Morgan fingerprint density at radius 3 is 2.79 bits per heavy atom. The molecule has 0 aliphatic rings. The fourth-order valence-corrected chi connectivity index (χ4v) is 1.48. The van der Waals surface area contributed by atoms with Crippen molar-refractivity contribution in [2.45, 2.75) is 11.8 Å². The molecule has 0 radical (unpaired) electrons. The van der Waals surface area contributed by atoms with Crippen LogP contribution in [0, 0.1) is 0 Å². The summed E-state index contributed by atoms with van der Waals surface area (Å²) < 4.78 is 0. The molecule has 0 bridgehead atoms. The van der Waals surface area contributed by atoms with E-state index in [-0.39, 0.29) is 5.37 Å². The zero-order valence-electron chi connectivity index (χ0n) is 8.33. The van der Waals surface area contributed by atoms with Gasteiger partial charge < -0.3 is 11.1 Å². The molecule has 0 saturated carbocycles. The summed E-state index contributed by atoms with van der Waals surface area (Å²) in [5.74, 6) is 0. The van der Waals surface area contributed by atoms with Crippen molar-refractivity contribution in [3.8, 4) is 0 Å². The summed E-state index contributed by atoms with van der Waals surface area (Å²) in [5.41, 5.74) is 8.63. The average molecular weight is 208 g/mol. The minimum atomic E-state index is 0.127. The second kappa shape index (κ2) is 5.08. The first-order valence-corrected chi connectivity index (χ1v) is 5.04. The number of anilines is 1. The SMILES string of the molecule is C=C(CC(S)NC)c1ccccc1N. The maximum atomic E-state index is 5.83. The fraction of sp³-hybridized carbons (Fsp3) is 0.273. The second-order valence-corrected chi connectivity index (χ2v) is 3.82. The third-order valence-corrected chi connectivity index (χ3v) is 2.56. The van der Waals surface area contributed by atoms with Crippen LogP contribution >= 0.6 is 12.6 Å². The Hall–Kier alpha value is -0.930. The molecule has 1 aromatic carbocycles. The molecule has 2 nitrogen and oxygen atoms in total. The fourth-order valence-electron chi connectivity index (χ4n) is 1.26. The Morgan fingerprint density at radius 1 is 1.57 bits per heavy atom. The molecule has 1 atom stereocenters. The Bertz CT molecular complexity index is 323. The van der Waals surface area contributed by atoms with E-state index in [9.17, 15) is 0 Å². The van der Waals surface area contributed by atoms with Crippen LogP contribution in [0.5, 0.6) is 0 Å². The summed E-state index contributed by atoms with van der Waals surface area (Å²) >= 11 is 4.34. The summed E-state index contributed by atoms with van der Waals surface area (Å²) in [6.07, 6.45) is 0.786. The number of nitrogens with one attached hydrogen (secondary N) is 1. The molecule has 0 saturated heterocycles. The van der Waals surface area contributed by atoms with Crippen molar-refractivity contribution in [3.05, 3.63) is 36.4 Å². The Balaban J connectivity index is 2.75. The van der Waals surface area contributed by atoms with Gasteiger partial charge in [-0.05, 0) is 25.1 Å². The molecule has 0 heterocycles. The van der Waals surface area contributed by atoms with E-state index in [4.69, 9.17) is 5.73 Å². The highest BCUT2D eigenvalue weighted by Gasteiger charge is 2.06. The first-order chi connectivity index (χ1) is 6.65. The predicted octanol–water partition coefficient (Wildman–Crippen LogP) is 2.15. The van der Waals surface area contributed by atoms with Gasteiger partial charge >= 0.3 is 0 Å². The molecule has 1 aromatic rings. The van der Waals surface area contributed by atoms with Gasteiger partial charge in [-0.2, -0.15) is 12.6 Å². The molecule has 0 fully saturated rings. The molecule has 0 aliphatic carbocycles. The normalized spacial score (nSPS) is 12.4. The largest absolute Gasteiger partial charge is 0.398 e. The number of benzene rings is 1. The molecular weight excluding hydrogens is 192 g/mol. The molecule has 76 valence electrons. The van der Waals surface area contributed by atoms with Crippen LogP contribution in [0.3, 0.4) is 0 Å². The molecule has 0 amide bonds. The monoisotopic (exact) mass is 208 g/mol. The van der Waals surface area contributed by atoms with Gasteiger partial charge in [0.1, 0.15) is 0 Å². The van der Waals surface area contributed by atoms with Crippen molar-refractivity contribution >= 4 is 23.9 Å². The van der Waals surface area contributed by atoms with Gasteiger partial charge in [-0.25, -0.2) is 0 Å². The maximum absolute atomic E-state index is 5.83. The van der Waals surface area contributed by atoms with E-state index >= 15 is 0 Å². The number of rotatable bonds is 4. The van der Waals surface area contributed by atoms with Crippen molar-refractivity contribution < 1.29 is 0 Å². The first kappa shape index (κ1) is 11.1. The number of para-hydroxylation sites is 1. The van der Waals surface area contributed by atoms with E-state index < -0.39 is 0 Å². The summed E-state index contributed by atoms with van der Waals surface area (Å²) in [6, 6.07) is 7.74. The van der Waals surface area contributed by atoms with E-state index in [0.717, 1.165) is 23.2 Å².